The minimum absolute atomic E-state index is 0.0740. The second-order valence-electron chi connectivity index (χ2n) is 15.1. The van der Waals surface area contributed by atoms with Crippen LogP contribution in [-0.2, 0) is 21.1 Å². The summed E-state index contributed by atoms with van der Waals surface area (Å²) in [5.41, 5.74) is 5.08. The maximum Gasteiger partial charge on any atom is 0.305 e. The zero-order valence-electron chi connectivity index (χ0n) is 30.9. The first-order valence-corrected chi connectivity index (χ1v) is 21.8. The van der Waals surface area contributed by atoms with Crippen molar-refractivity contribution in [3.63, 3.8) is 0 Å². The molecule has 0 radical (unpaired) electrons. The van der Waals surface area contributed by atoms with Gasteiger partial charge in [0, 0.05) is 64.0 Å². The Morgan fingerprint density at radius 3 is 2.12 bits per heavy atom. The predicted octanol–water partition coefficient (Wildman–Crippen LogP) is 4.69. The fourth-order valence-corrected chi connectivity index (χ4v) is 6.37. The quantitative estimate of drug-likeness (QED) is 0.0793. The molecule has 2 aliphatic carbocycles. The molecule has 2 saturated carbocycles. The van der Waals surface area contributed by atoms with Gasteiger partial charge in [-0.25, -0.2) is 19.9 Å². The van der Waals surface area contributed by atoms with Gasteiger partial charge in [0.05, 0.1) is 41.3 Å². The number of H-pyrrole nitrogens is 1. The number of carbonyl (C=O) groups is 4. The van der Waals surface area contributed by atoms with Crippen LogP contribution in [0.25, 0.3) is 22.3 Å². The van der Waals surface area contributed by atoms with Crippen molar-refractivity contribution in [1.29, 1.82) is 0 Å². The highest BCUT2D eigenvalue weighted by atomic mass is 28.3. The van der Waals surface area contributed by atoms with E-state index in [1.165, 1.54) is 0 Å². The maximum absolute atomic E-state index is 12.8. The van der Waals surface area contributed by atoms with Crippen LogP contribution in [0.3, 0.4) is 0 Å². The van der Waals surface area contributed by atoms with Gasteiger partial charge in [-0.2, -0.15) is 0 Å². The van der Waals surface area contributed by atoms with E-state index in [1.54, 1.807) is 36.3 Å². The molecule has 4 aromatic heterocycles. The zero-order chi connectivity index (χ0) is 37.6. The number of hydrogen-bond donors (Lipinski definition) is 5. The topological polar surface area (TPSA) is 206 Å². The first-order chi connectivity index (χ1) is 24.7. The van der Waals surface area contributed by atoms with Gasteiger partial charge in [0.25, 0.3) is 11.8 Å². The summed E-state index contributed by atoms with van der Waals surface area (Å²) in [6.45, 7) is 13.8. The van der Waals surface area contributed by atoms with Crippen LogP contribution in [-0.4, -0.2) is 91.6 Å². The van der Waals surface area contributed by atoms with Crippen molar-refractivity contribution in [2.45, 2.75) is 116 Å². The molecule has 0 saturated heterocycles. The van der Waals surface area contributed by atoms with Crippen molar-refractivity contribution >= 4 is 54.1 Å². The van der Waals surface area contributed by atoms with Gasteiger partial charge in [-0.05, 0) is 52.5 Å². The number of carboxylic acids is 1. The molecule has 16 heteroatoms. The molecule has 5 N–H and O–H groups in total. The van der Waals surface area contributed by atoms with Crippen LogP contribution in [0.1, 0.15) is 103 Å². The van der Waals surface area contributed by atoms with Crippen molar-refractivity contribution in [2.75, 3.05) is 13.2 Å². The Morgan fingerprint density at radius 1 is 0.923 bits per heavy atom. The number of hydrogen-bond acceptors (Lipinski definition) is 9. The number of aromatic amines is 1. The molecule has 3 amide bonds. The second kappa shape index (κ2) is 16.8. The number of carboxylic acid groups (broad SMARTS) is 1. The number of nitrogens with zero attached hydrogens (tertiary/aromatic N) is 5. The standard InChI is InChI=1S/C20H30N4O4Si.C16H21N5O2/c1-13(9-17(25)26)22-20(27)15-11-24(12-28-7-8-29(2,3)4)19-18(15)23-16(10-21-19)14-5-6-14;1-3-17-13(22)6-9(2)20-16(23)11-7-18-15-14(11)21-12(8-19-15)10-4-5-10/h10-11,13-14H,5-9,12H2,1-4H3,(H,22,27)(H,25,26);7-10H,3-6H2,1-2H3,(H,17,22)(H,18,19)(H,20,23). The monoisotopic (exact) mass is 733 g/mol. The van der Waals surface area contributed by atoms with Gasteiger partial charge in [-0.3, -0.25) is 19.2 Å². The summed E-state index contributed by atoms with van der Waals surface area (Å²) in [4.78, 5) is 68.9. The molecule has 2 aliphatic rings. The van der Waals surface area contributed by atoms with Crippen molar-refractivity contribution in [3.8, 4) is 0 Å². The number of rotatable bonds is 16. The van der Waals surface area contributed by atoms with Crippen molar-refractivity contribution < 1.29 is 29.0 Å². The fourth-order valence-electron chi connectivity index (χ4n) is 5.62. The molecule has 15 nitrogen and oxygen atoms in total. The highest BCUT2D eigenvalue weighted by Gasteiger charge is 2.29. The van der Waals surface area contributed by atoms with Gasteiger partial charge in [0.2, 0.25) is 5.91 Å². The third-order valence-electron chi connectivity index (χ3n) is 8.79. The summed E-state index contributed by atoms with van der Waals surface area (Å²) in [6, 6.07) is 0.327. The Balaban J connectivity index is 0.000000206. The first-order valence-electron chi connectivity index (χ1n) is 18.1. The Bertz CT molecular complexity index is 1910. The number of nitrogens with one attached hydrogen (secondary N) is 4. The van der Waals surface area contributed by atoms with Gasteiger partial charge in [0.1, 0.15) is 17.8 Å². The molecule has 0 spiro atoms. The molecular formula is C36H51N9O6Si. The third kappa shape index (κ3) is 10.7. The number of aliphatic carboxylic acids is 1. The normalized spacial score (nSPS) is 15.4. The molecule has 2 atom stereocenters. The van der Waals surface area contributed by atoms with E-state index in [4.69, 9.17) is 14.8 Å². The SMILES string of the molecule is CC(CC(=O)O)NC(=O)c1cn(COCC[Si](C)(C)C)c2ncc(C3CC3)nc12.CCNC(=O)CC(C)NC(=O)c1c[nH]c2ncc(C3CC3)nc12. The minimum Gasteiger partial charge on any atom is -0.481 e. The van der Waals surface area contributed by atoms with Crippen molar-refractivity contribution in [3.05, 3.63) is 47.3 Å². The number of amides is 3. The van der Waals surface area contributed by atoms with E-state index in [1.807, 2.05) is 13.8 Å². The average molecular weight is 734 g/mol. The van der Waals surface area contributed by atoms with E-state index in [0.29, 0.717) is 65.2 Å². The Labute approximate surface area is 304 Å². The lowest BCUT2D eigenvalue weighted by atomic mass is 10.2. The summed E-state index contributed by atoms with van der Waals surface area (Å²) in [5.74, 6) is -0.705. The van der Waals surface area contributed by atoms with E-state index in [9.17, 15) is 19.2 Å². The number of fused-ring (bicyclic) bond motifs is 2. The third-order valence-corrected chi connectivity index (χ3v) is 10.5. The molecule has 6 rings (SSSR count). The molecule has 280 valence electrons. The molecule has 2 unspecified atom stereocenters. The summed E-state index contributed by atoms with van der Waals surface area (Å²) in [7, 11) is -1.18. The lowest BCUT2D eigenvalue weighted by Crippen LogP contribution is -2.37. The van der Waals surface area contributed by atoms with Gasteiger partial charge >= 0.3 is 5.97 Å². The molecule has 2 fully saturated rings. The molecular weight excluding hydrogens is 683 g/mol. The summed E-state index contributed by atoms with van der Waals surface area (Å²) in [6.07, 6.45) is 11.5. The number of aromatic nitrogens is 6. The van der Waals surface area contributed by atoms with Crippen LogP contribution < -0.4 is 16.0 Å². The molecule has 52 heavy (non-hydrogen) atoms. The zero-order valence-corrected chi connectivity index (χ0v) is 31.9. The summed E-state index contributed by atoms with van der Waals surface area (Å²) < 4.78 is 7.65. The minimum atomic E-state index is -1.18. The van der Waals surface area contributed by atoms with Gasteiger partial charge < -0.3 is 35.3 Å². The Morgan fingerprint density at radius 2 is 1.52 bits per heavy atom. The Kier molecular flexibility index (Phi) is 12.4. The molecule has 4 heterocycles. The van der Waals surface area contributed by atoms with Gasteiger partial charge in [-0.1, -0.05) is 19.6 Å². The maximum atomic E-state index is 12.8. The Hall–Kier alpha value is -4.70. The highest BCUT2D eigenvalue weighted by Crippen LogP contribution is 2.40. The van der Waals surface area contributed by atoms with E-state index in [0.717, 1.165) is 43.1 Å². The second-order valence-corrected chi connectivity index (χ2v) is 20.7. The van der Waals surface area contributed by atoms with Crippen LogP contribution in [0.15, 0.2) is 24.8 Å². The molecule has 0 aliphatic heterocycles. The van der Waals surface area contributed by atoms with E-state index >= 15 is 0 Å². The lowest BCUT2D eigenvalue weighted by molar-refractivity contribution is -0.137. The first kappa shape index (κ1) is 38.5. The summed E-state index contributed by atoms with van der Waals surface area (Å²) >= 11 is 0. The highest BCUT2D eigenvalue weighted by molar-refractivity contribution is 6.76. The van der Waals surface area contributed by atoms with Gasteiger partial charge in [-0.15, -0.1) is 0 Å². The number of ether oxygens (including phenoxy) is 1. The van der Waals surface area contributed by atoms with Crippen LogP contribution in [0, 0.1) is 0 Å². The molecule has 4 aromatic rings. The van der Waals surface area contributed by atoms with Crippen molar-refractivity contribution in [2.24, 2.45) is 0 Å². The van der Waals surface area contributed by atoms with E-state index in [-0.39, 0.29) is 36.6 Å². The van der Waals surface area contributed by atoms with E-state index in [2.05, 4.69) is 55.5 Å². The lowest BCUT2D eigenvalue weighted by Gasteiger charge is -2.15. The smallest absolute Gasteiger partial charge is 0.305 e. The summed E-state index contributed by atoms with van der Waals surface area (Å²) in [5, 5.41) is 17.2. The average Bonchev–Trinajstić information content (AvgIpc) is 4.01. The number of carbonyl (C=O) groups excluding carboxylic acids is 3. The van der Waals surface area contributed by atoms with E-state index < -0.39 is 20.1 Å². The van der Waals surface area contributed by atoms with Crippen LogP contribution in [0.5, 0.6) is 0 Å². The fraction of sp³-hybridized carbons (Fsp3) is 0.556. The largest absolute Gasteiger partial charge is 0.481 e. The predicted molar refractivity (Wildman–Crippen MR) is 199 cm³/mol. The molecule has 0 aromatic carbocycles. The van der Waals surface area contributed by atoms with Gasteiger partial charge in [0.15, 0.2) is 11.3 Å². The van der Waals surface area contributed by atoms with Crippen LogP contribution >= 0.6 is 0 Å². The van der Waals surface area contributed by atoms with Crippen molar-refractivity contribution in [1.82, 2.24) is 45.4 Å². The van der Waals surface area contributed by atoms with Crippen LogP contribution in [0.2, 0.25) is 25.7 Å². The molecule has 0 bridgehead atoms. The van der Waals surface area contributed by atoms with Crippen LogP contribution in [0.4, 0.5) is 0 Å².